The predicted molar refractivity (Wildman–Crippen MR) is 81.4 cm³/mol. The van der Waals surface area contributed by atoms with E-state index in [-0.39, 0.29) is 0 Å². The third kappa shape index (κ3) is 3.22. The first-order valence-electron chi connectivity index (χ1n) is 4.98. The summed E-state index contributed by atoms with van der Waals surface area (Å²) in [5, 5.41) is 0. The summed E-state index contributed by atoms with van der Waals surface area (Å²) in [6, 6.07) is 10.9. The molecule has 0 aliphatic rings. The van der Waals surface area contributed by atoms with Crippen molar-refractivity contribution < 1.29 is 9.53 Å². The van der Waals surface area contributed by atoms with Crippen molar-refractivity contribution in [3.63, 3.8) is 0 Å². The minimum atomic E-state index is 0.499. The summed E-state index contributed by atoms with van der Waals surface area (Å²) in [6.07, 6.45) is 0.771. The highest BCUT2D eigenvalue weighted by atomic mass is 79.9. The Morgan fingerprint density at radius 2 is 1.50 bits per heavy atom. The van der Waals surface area contributed by atoms with Crippen LogP contribution in [0.25, 0.3) is 0 Å². The SMILES string of the molecule is O=Cc1cc(Br)ccc1Oc1ccc(Br)cc1Br. The average molecular weight is 435 g/mol. The number of hydrogen-bond donors (Lipinski definition) is 0. The van der Waals surface area contributed by atoms with Gasteiger partial charge in [0.1, 0.15) is 11.5 Å². The Hall–Kier alpha value is -0.650. The Kier molecular flexibility index (Phi) is 4.59. The number of carbonyl (C=O) groups excluding carboxylic acids is 1. The van der Waals surface area contributed by atoms with Crippen LogP contribution in [0.3, 0.4) is 0 Å². The molecular weight excluding hydrogens is 428 g/mol. The predicted octanol–water partition coefficient (Wildman–Crippen LogP) is 5.58. The van der Waals surface area contributed by atoms with Gasteiger partial charge in [-0.3, -0.25) is 4.79 Å². The molecular formula is C13H7Br3O2. The minimum absolute atomic E-state index is 0.499. The quantitative estimate of drug-likeness (QED) is 0.589. The van der Waals surface area contributed by atoms with Crippen molar-refractivity contribution in [1.82, 2.24) is 0 Å². The molecule has 0 unspecified atom stereocenters. The molecule has 18 heavy (non-hydrogen) atoms. The molecule has 2 rings (SSSR count). The maximum Gasteiger partial charge on any atom is 0.153 e. The zero-order valence-electron chi connectivity index (χ0n) is 8.99. The van der Waals surface area contributed by atoms with Gasteiger partial charge in [0.25, 0.3) is 0 Å². The maximum absolute atomic E-state index is 11.0. The fraction of sp³-hybridized carbons (Fsp3) is 0. The van der Waals surface area contributed by atoms with E-state index in [1.165, 1.54) is 0 Å². The van der Waals surface area contributed by atoms with E-state index in [1.54, 1.807) is 12.1 Å². The molecule has 0 saturated carbocycles. The fourth-order valence-electron chi connectivity index (χ4n) is 1.38. The first-order chi connectivity index (χ1) is 8.60. The zero-order chi connectivity index (χ0) is 13.1. The van der Waals surface area contributed by atoms with Gasteiger partial charge in [-0.15, -0.1) is 0 Å². The lowest BCUT2D eigenvalue weighted by Gasteiger charge is -2.10. The Balaban J connectivity index is 2.36. The molecule has 0 N–H and O–H groups in total. The first kappa shape index (κ1) is 13.8. The number of benzene rings is 2. The van der Waals surface area contributed by atoms with Crippen LogP contribution in [0.4, 0.5) is 0 Å². The van der Waals surface area contributed by atoms with Crippen molar-refractivity contribution in [2.75, 3.05) is 0 Å². The molecule has 0 radical (unpaired) electrons. The van der Waals surface area contributed by atoms with E-state index < -0.39 is 0 Å². The van der Waals surface area contributed by atoms with E-state index in [0.29, 0.717) is 17.1 Å². The largest absolute Gasteiger partial charge is 0.455 e. The van der Waals surface area contributed by atoms with Gasteiger partial charge >= 0.3 is 0 Å². The van der Waals surface area contributed by atoms with Crippen molar-refractivity contribution >= 4 is 54.1 Å². The van der Waals surface area contributed by atoms with E-state index in [4.69, 9.17) is 4.74 Å². The topological polar surface area (TPSA) is 26.3 Å². The number of halogens is 3. The molecule has 92 valence electrons. The molecule has 0 amide bonds. The third-order valence-electron chi connectivity index (χ3n) is 2.21. The lowest BCUT2D eigenvalue weighted by atomic mass is 10.2. The molecule has 0 bridgehead atoms. The summed E-state index contributed by atoms with van der Waals surface area (Å²) in [5.74, 6) is 1.18. The molecule has 0 aliphatic carbocycles. The van der Waals surface area contributed by atoms with Gasteiger partial charge in [-0.1, -0.05) is 31.9 Å². The fourth-order valence-corrected chi connectivity index (χ4v) is 2.89. The summed E-state index contributed by atoms with van der Waals surface area (Å²) in [7, 11) is 0. The Bertz CT molecular complexity index is 597. The van der Waals surface area contributed by atoms with Gasteiger partial charge in [-0.2, -0.15) is 0 Å². The summed E-state index contributed by atoms with van der Waals surface area (Å²) < 4.78 is 8.33. The van der Waals surface area contributed by atoms with E-state index in [9.17, 15) is 4.79 Å². The standard InChI is InChI=1S/C13H7Br3O2/c14-9-1-3-12(8(5-9)7-17)18-13-4-2-10(15)6-11(13)16/h1-7H. The van der Waals surface area contributed by atoms with Gasteiger partial charge in [0.05, 0.1) is 10.0 Å². The van der Waals surface area contributed by atoms with Crippen LogP contribution in [0.1, 0.15) is 10.4 Å². The van der Waals surface area contributed by atoms with E-state index >= 15 is 0 Å². The Labute approximate surface area is 130 Å². The Morgan fingerprint density at radius 3 is 2.11 bits per heavy atom. The van der Waals surface area contributed by atoms with Crippen LogP contribution in [-0.4, -0.2) is 6.29 Å². The zero-order valence-corrected chi connectivity index (χ0v) is 13.7. The van der Waals surface area contributed by atoms with Crippen molar-refractivity contribution in [3.8, 4) is 11.5 Å². The van der Waals surface area contributed by atoms with Gasteiger partial charge in [0.2, 0.25) is 0 Å². The van der Waals surface area contributed by atoms with Gasteiger partial charge in [-0.05, 0) is 52.3 Å². The molecule has 2 aromatic carbocycles. The van der Waals surface area contributed by atoms with E-state index in [1.807, 2.05) is 24.3 Å². The van der Waals surface area contributed by atoms with Crippen LogP contribution in [0.5, 0.6) is 11.5 Å². The lowest BCUT2D eigenvalue weighted by Crippen LogP contribution is -1.91. The van der Waals surface area contributed by atoms with Crippen molar-refractivity contribution in [1.29, 1.82) is 0 Å². The number of carbonyl (C=O) groups is 1. The molecule has 0 atom stereocenters. The smallest absolute Gasteiger partial charge is 0.153 e. The molecule has 0 fully saturated rings. The van der Waals surface area contributed by atoms with Gasteiger partial charge in [0.15, 0.2) is 6.29 Å². The minimum Gasteiger partial charge on any atom is -0.455 e. The molecule has 5 heteroatoms. The maximum atomic E-state index is 11.0. The van der Waals surface area contributed by atoms with Crippen LogP contribution in [0.15, 0.2) is 49.8 Å². The number of aldehydes is 1. The average Bonchev–Trinajstić information content (AvgIpc) is 2.34. The van der Waals surface area contributed by atoms with Crippen molar-refractivity contribution in [3.05, 3.63) is 55.4 Å². The second-order valence-corrected chi connectivity index (χ2v) is 6.16. The van der Waals surface area contributed by atoms with Crippen molar-refractivity contribution in [2.45, 2.75) is 0 Å². The van der Waals surface area contributed by atoms with Crippen LogP contribution in [0, 0.1) is 0 Å². The molecule has 0 saturated heterocycles. The molecule has 0 spiro atoms. The van der Waals surface area contributed by atoms with Gasteiger partial charge < -0.3 is 4.74 Å². The summed E-state index contributed by atoms with van der Waals surface area (Å²) in [6.45, 7) is 0. The Morgan fingerprint density at radius 1 is 0.889 bits per heavy atom. The molecule has 2 nitrogen and oxygen atoms in total. The lowest BCUT2D eigenvalue weighted by molar-refractivity contribution is 0.112. The number of hydrogen-bond acceptors (Lipinski definition) is 2. The second kappa shape index (κ2) is 5.99. The molecule has 0 heterocycles. The molecule has 2 aromatic rings. The summed E-state index contributed by atoms with van der Waals surface area (Å²) >= 11 is 10.1. The van der Waals surface area contributed by atoms with Crippen LogP contribution in [-0.2, 0) is 0 Å². The van der Waals surface area contributed by atoms with Gasteiger partial charge in [-0.25, -0.2) is 0 Å². The molecule has 0 aliphatic heterocycles. The summed E-state index contributed by atoms with van der Waals surface area (Å²) in [4.78, 5) is 11.0. The highest BCUT2D eigenvalue weighted by Gasteiger charge is 2.08. The van der Waals surface area contributed by atoms with Crippen LogP contribution in [0.2, 0.25) is 0 Å². The number of rotatable bonds is 3. The normalized spacial score (nSPS) is 10.2. The molecule has 0 aromatic heterocycles. The van der Waals surface area contributed by atoms with Crippen LogP contribution < -0.4 is 4.74 Å². The third-order valence-corrected chi connectivity index (χ3v) is 3.82. The van der Waals surface area contributed by atoms with Crippen LogP contribution >= 0.6 is 47.8 Å². The highest BCUT2D eigenvalue weighted by Crippen LogP contribution is 2.33. The van der Waals surface area contributed by atoms with E-state index in [2.05, 4.69) is 47.8 Å². The van der Waals surface area contributed by atoms with Crippen molar-refractivity contribution in [2.24, 2.45) is 0 Å². The van der Waals surface area contributed by atoms with Gasteiger partial charge in [0, 0.05) is 8.95 Å². The highest BCUT2D eigenvalue weighted by molar-refractivity contribution is 9.11. The summed E-state index contributed by atoms with van der Waals surface area (Å²) in [5.41, 5.74) is 0.499. The first-order valence-corrected chi connectivity index (χ1v) is 7.35. The van der Waals surface area contributed by atoms with E-state index in [0.717, 1.165) is 19.7 Å². The monoisotopic (exact) mass is 432 g/mol. The second-order valence-electron chi connectivity index (χ2n) is 3.48. The number of ether oxygens (including phenoxy) is 1.